The lowest BCUT2D eigenvalue weighted by molar-refractivity contribution is -0.139. The Balaban J connectivity index is 2.73. The van der Waals surface area contributed by atoms with Crippen molar-refractivity contribution in [1.29, 1.82) is 0 Å². The number of carboxylic acid groups (broad SMARTS) is 1. The Bertz CT molecular complexity index is 455. The van der Waals surface area contributed by atoms with Gasteiger partial charge in [0, 0.05) is 0 Å². The standard InChI is InChI=1S/C15H22N2O3/c1-4-16-14(15(18)19)10-12-6-8-13(9-7-12)11(3)17-20-5-2/h6-9,14,16H,4-5,10H2,1-3H3,(H,18,19)/b17-11-. The largest absolute Gasteiger partial charge is 0.480 e. The summed E-state index contributed by atoms with van der Waals surface area (Å²) >= 11 is 0. The molecule has 1 aromatic rings. The summed E-state index contributed by atoms with van der Waals surface area (Å²) in [6.07, 6.45) is 0.463. The molecule has 0 fully saturated rings. The van der Waals surface area contributed by atoms with Crippen LogP contribution in [0.2, 0.25) is 0 Å². The highest BCUT2D eigenvalue weighted by Crippen LogP contribution is 2.09. The molecule has 0 aliphatic rings. The molecule has 0 amide bonds. The lowest BCUT2D eigenvalue weighted by atomic mass is 10.0. The molecule has 0 bridgehead atoms. The van der Waals surface area contributed by atoms with Gasteiger partial charge in [0.25, 0.3) is 0 Å². The topological polar surface area (TPSA) is 70.9 Å². The summed E-state index contributed by atoms with van der Waals surface area (Å²) in [6, 6.07) is 7.15. The molecule has 0 heterocycles. The Labute approximate surface area is 119 Å². The zero-order valence-electron chi connectivity index (χ0n) is 12.2. The highest BCUT2D eigenvalue weighted by molar-refractivity contribution is 5.98. The maximum absolute atomic E-state index is 11.1. The highest BCUT2D eigenvalue weighted by Gasteiger charge is 2.16. The zero-order chi connectivity index (χ0) is 15.0. The average molecular weight is 278 g/mol. The molecule has 0 radical (unpaired) electrons. The SMILES string of the molecule is CCNC(Cc1ccc(/C(C)=N\OCC)cc1)C(=O)O. The Morgan fingerprint density at radius 1 is 1.35 bits per heavy atom. The van der Waals surface area contributed by atoms with Crippen LogP contribution in [0, 0.1) is 0 Å². The van der Waals surface area contributed by atoms with Crippen LogP contribution in [0.1, 0.15) is 31.9 Å². The van der Waals surface area contributed by atoms with Crippen molar-refractivity contribution in [1.82, 2.24) is 5.32 Å². The second kappa shape index (κ2) is 8.32. The van der Waals surface area contributed by atoms with Crippen molar-refractivity contribution in [2.45, 2.75) is 33.2 Å². The average Bonchev–Trinajstić information content (AvgIpc) is 2.45. The van der Waals surface area contributed by atoms with E-state index < -0.39 is 12.0 Å². The minimum atomic E-state index is -0.829. The summed E-state index contributed by atoms with van der Waals surface area (Å²) in [5, 5.41) is 16.0. The molecule has 20 heavy (non-hydrogen) atoms. The van der Waals surface area contributed by atoms with Gasteiger partial charge in [-0.2, -0.15) is 0 Å². The third-order valence-corrected chi connectivity index (χ3v) is 2.89. The van der Waals surface area contributed by atoms with Crippen molar-refractivity contribution in [3.05, 3.63) is 35.4 Å². The molecule has 0 aliphatic carbocycles. The Hall–Kier alpha value is -1.88. The number of carbonyl (C=O) groups is 1. The number of benzene rings is 1. The van der Waals surface area contributed by atoms with Crippen molar-refractivity contribution in [3.63, 3.8) is 0 Å². The molecule has 1 rings (SSSR count). The Morgan fingerprint density at radius 2 is 2.00 bits per heavy atom. The van der Waals surface area contributed by atoms with E-state index in [2.05, 4.69) is 10.5 Å². The normalized spacial score (nSPS) is 13.1. The van der Waals surface area contributed by atoms with E-state index >= 15 is 0 Å². The van der Waals surface area contributed by atoms with Gasteiger partial charge >= 0.3 is 5.97 Å². The van der Waals surface area contributed by atoms with Crippen LogP contribution in [0.25, 0.3) is 0 Å². The summed E-state index contributed by atoms with van der Waals surface area (Å²) in [6.45, 7) is 6.83. The lowest BCUT2D eigenvalue weighted by Crippen LogP contribution is -2.38. The number of hydrogen-bond donors (Lipinski definition) is 2. The molecule has 0 spiro atoms. The van der Waals surface area contributed by atoms with E-state index in [-0.39, 0.29) is 0 Å². The fourth-order valence-corrected chi connectivity index (χ4v) is 1.83. The quantitative estimate of drug-likeness (QED) is 0.564. The molecule has 0 saturated heterocycles. The first kappa shape index (κ1) is 16.2. The Morgan fingerprint density at radius 3 is 2.50 bits per heavy atom. The van der Waals surface area contributed by atoms with Gasteiger partial charge in [-0.1, -0.05) is 36.3 Å². The first-order chi connectivity index (χ1) is 9.58. The number of carboxylic acids is 1. The highest BCUT2D eigenvalue weighted by atomic mass is 16.6. The first-order valence-electron chi connectivity index (χ1n) is 6.80. The number of nitrogens with one attached hydrogen (secondary N) is 1. The number of nitrogens with zero attached hydrogens (tertiary/aromatic N) is 1. The van der Waals surface area contributed by atoms with Gasteiger partial charge in [0.2, 0.25) is 0 Å². The van der Waals surface area contributed by atoms with Crippen LogP contribution in [0.5, 0.6) is 0 Å². The minimum absolute atomic E-state index is 0.463. The smallest absolute Gasteiger partial charge is 0.321 e. The molecular weight excluding hydrogens is 256 g/mol. The van der Waals surface area contributed by atoms with E-state index in [1.807, 2.05) is 45.0 Å². The van der Waals surface area contributed by atoms with Crippen LogP contribution in [0.4, 0.5) is 0 Å². The number of aliphatic carboxylic acids is 1. The van der Waals surface area contributed by atoms with E-state index in [1.165, 1.54) is 0 Å². The van der Waals surface area contributed by atoms with Gasteiger partial charge in [-0.3, -0.25) is 4.79 Å². The summed E-state index contributed by atoms with van der Waals surface area (Å²) in [4.78, 5) is 16.1. The third-order valence-electron chi connectivity index (χ3n) is 2.89. The van der Waals surface area contributed by atoms with Crippen LogP contribution >= 0.6 is 0 Å². The van der Waals surface area contributed by atoms with Gasteiger partial charge in [0.05, 0.1) is 5.71 Å². The molecule has 5 nitrogen and oxygen atoms in total. The van der Waals surface area contributed by atoms with E-state index in [0.717, 1.165) is 16.8 Å². The van der Waals surface area contributed by atoms with Crippen molar-refractivity contribution in [3.8, 4) is 0 Å². The molecule has 1 aromatic carbocycles. The third kappa shape index (κ3) is 5.01. The van der Waals surface area contributed by atoms with Gasteiger partial charge in [-0.05, 0) is 37.9 Å². The maximum atomic E-state index is 11.1. The first-order valence-corrected chi connectivity index (χ1v) is 6.80. The van der Waals surface area contributed by atoms with Crippen LogP contribution in [0.3, 0.4) is 0 Å². The van der Waals surface area contributed by atoms with Gasteiger partial charge in [0.15, 0.2) is 0 Å². The van der Waals surface area contributed by atoms with Crippen molar-refractivity contribution >= 4 is 11.7 Å². The molecule has 2 N–H and O–H groups in total. The molecule has 110 valence electrons. The van der Waals surface area contributed by atoms with Crippen LogP contribution in [-0.4, -0.2) is 36.0 Å². The van der Waals surface area contributed by atoms with Crippen molar-refractivity contribution in [2.24, 2.45) is 5.16 Å². The summed E-state index contributed by atoms with van der Waals surface area (Å²) < 4.78 is 0. The number of oxime groups is 1. The van der Waals surface area contributed by atoms with Gasteiger partial charge in [-0.15, -0.1) is 0 Å². The second-order valence-corrected chi connectivity index (χ2v) is 4.44. The fourth-order valence-electron chi connectivity index (χ4n) is 1.83. The van der Waals surface area contributed by atoms with Gasteiger partial charge < -0.3 is 15.3 Å². The van der Waals surface area contributed by atoms with Crippen molar-refractivity contribution < 1.29 is 14.7 Å². The Kier molecular flexibility index (Phi) is 6.73. The van der Waals surface area contributed by atoms with Crippen LogP contribution in [0.15, 0.2) is 29.4 Å². The molecular formula is C15H22N2O3. The summed E-state index contributed by atoms with van der Waals surface area (Å²) in [5.74, 6) is -0.829. The molecule has 1 atom stereocenters. The molecule has 5 heteroatoms. The predicted molar refractivity (Wildman–Crippen MR) is 79.1 cm³/mol. The fraction of sp³-hybridized carbons (Fsp3) is 0.467. The predicted octanol–water partition coefficient (Wildman–Crippen LogP) is 2.05. The molecule has 0 saturated carbocycles. The van der Waals surface area contributed by atoms with E-state index in [9.17, 15) is 4.79 Å². The lowest BCUT2D eigenvalue weighted by Gasteiger charge is -2.13. The second-order valence-electron chi connectivity index (χ2n) is 4.44. The monoisotopic (exact) mass is 278 g/mol. The number of rotatable bonds is 8. The van der Waals surface area contributed by atoms with Crippen molar-refractivity contribution in [2.75, 3.05) is 13.2 Å². The molecule has 0 aliphatic heterocycles. The number of likely N-dealkylation sites (N-methyl/N-ethyl adjacent to an activating group) is 1. The zero-order valence-corrected chi connectivity index (χ0v) is 12.2. The van der Waals surface area contributed by atoms with Gasteiger partial charge in [0.1, 0.15) is 12.6 Å². The van der Waals surface area contributed by atoms with Gasteiger partial charge in [-0.25, -0.2) is 0 Å². The van der Waals surface area contributed by atoms with E-state index in [0.29, 0.717) is 19.6 Å². The molecule has 0 aromatic heterocycles. The van der Waals surface area contributed by atoms with Crippen LogP contribution < -0.4 is 5.32 Å². The summed E-state index contributed by atoms with van der Waals surface area (Å²) in [7, 11) is 0. The van der Waals surface area contributed by atoms with E-state index in [1.54, 1.807) is 0 Å². The maximum Gasteiger partial charge on any atom is 0.321 e. The minimum Gasteiger partial charge on any atom is -0.480 e. The van der Waals surface area contributed by atoms with Crippen LogP contribution in [-0.2, 0) is 16.1 Å². The molecule has 1 unspecified atom stereocenters. The summed E-state index contributed by atoms with van der Waals surface area (Å²) in [5.41, 5.74) is 2.75. The van der Waals surface area contributed by atoms with E-state index in [4.69, 9.17) is 9.94 Å². The number of hydrogen-bond acceptors (Lipinski definition) is 4.